The Hall–Kier alpha value is -0.960. The lowest BCUT2D eigenvalue weighted by molar-refractivity contribution is 0.508. The van der Waals surface area contributed by atoms with Crippen LogP contribution in [-0.4, -0.2) is 16.5 Å². The summed E-state index contributed by atoms with van der Waals surface area (Å²) in [5.41, 5.74) is 3.00. The molecule has 1 aromatic rings. The van der Waals surface area contributed by atoms with Crippen molar-refractivity contribution in [3.05, 3.63) is 29.8 Å². The van der Waals surface area contributed by atoms with Crippen LogP contribution in [0.4, 0.5) is 5.69 Å². The average molecular weight is 288 g/mol. The molecule has 0 aromatic heterocycles. The number of aliphatic imine (C=N–C) groups is 1. The minimum Gasteiger partial charge on any atom is -0.335 e. The Morgan fingerprint density at radius 2 is 1.75 bits per heavy atom. The number of thioether (sulfide) groups is 1. The first-order valence-corrected chi connectivity index (χ1v) is 8.56. The second-order valence-electron chi connectivity index (χ2n) is 7.09. The van der Waals surface area contributed by atoms with E-state index in [1.54, 1.807) is 0 Å². The van der Waals surface area contributed by atoms with E-state index in [1.807, 2.05) is 11.8 Å². The van der Waals surface area contributed by atoms with Crippen molar-refractivity contribution < 1.29 is 0 Å². The lowest BCUT2D eigenvalue weighted by Crippen LogP contribution is -2.21. The van der Waals surface area contributed by atoms with Crippen LogP contribution in [0.25, 0.3) is 0 Å². The van der Waals surface area contributed by atoms with Gasteiger partial charge in [-0.1, -0.05) is 57.5 Å². The van der Waals surface area contributed by atoms with Gasteiger partial charge in [-0.15, -0.1) is 0 Å². The molecular formula is C17H24N2S. The zero-order valence-corrected chi connectivity index (χ0v) is 13.5. The van der Waals surface area contributed by atoms with Crippen LogP contribution in [0.2, 0.25) is 0 Å². The lowest BCUT2D eigenvalue weighted by atomic mass is 9.87. The fourth-order valence-electron chi connectivity index (χ4n) is 3.01. The van der Waals surface area contributed by atoms with Crippen molar-refractivity contribution in [1.82, 2.24) is 0 Å². The number of rotatable bonds is 1. The zero-order valence-electron chi connectivity index (χ0n) is 12.7. The Kier molecular flexibility index (Phi) is 3.57. The molecule has 3 heteroatoms. The quantitative estimate of drug-likeness (QED) is 0.802. The molecule has 108 valence electrons. The molecule has 1 heterocycles. The van der Waals surface area contributed by atoms with E-state index in [0.717, 1.165) is 16.6 Å². The molecule has 1 N–H and O–H groups in total. The number of anilines is 1. The molecule has 0 saturated heterocycles. The number of nitrogens with zero attached hydrogens (tertiary/aromatic N) is 1. The summed E-state index contributed by atoms with van der Waals surface area (Å²) in [6.45, 7) is 6.74. The maximum absolute atomic E-state index is 4.95. The highest BCUT2D eigenvalue weighted by molar-refractivity contribution is 8.14. The van der Waals surface area contributed by atoms with E-state index in [1.165, 1.54) is 31.2 Å². The van der Waals surface area contributed by atoms with Crippen molar-refractivity contribution in [2.45, 2.75) is 57.4 Å². The van der Waals surface area contributed by atoms with Crippen LogP contribution in [-0.2, 0) is 5.41 Å². The minimum absolute atomic E-state index is 0.214. The predicted molar refractivity (Wildman–Crippen MR) is 89.9 cm³/mol. The molecule has 0 radical (unpaired) electrons. The molecule has 0 unspecified atom stereocenters. The van der Waals surface area contributed by atoms with E-state index in [4.69, 9.17) is 4.99 Å². The maximum Gasteiger partial charge on any atom is 0.161 e. The van der Waals surface area contributed by atoms with Gasteiger partial charge in [0.1, 0.15) is 0 Å². The highest BCUT2D eigenvalue weighted by Gasteiger charge is 2.38. The van der Waals surface area contributed by atoms with E-state index >= 15 is 0 Å². The van der Waals surface area contributed by atoms with E-state index in [9.17, 15) is 0 Å². The third-order valence-electron chi connectivity index (χ3n) is 4.35. The largest absolute Gasteiger partial charge is 0.335 e. The smallest absolute Gasteiger partial charge is 0.161 e. The number of benzene rings is 1. The second-order valence-corrected chi connectivity index (χ2v) is 8.05. The average Bonchev–Trinajstić information content (AvgIpc) is 3.00. The van der Waals surface area contributed by atoms with Gasteiger partial charge in [-0.2, -0.15) is 0 Å². The van der Waals surface area contributed by atoms with Crippen LogP contribution in [0.1, 0.15) is 52.0 Å². The number of hydrogen-bond donors (Lipinski definition) is 1. The molecule has 1 aliphatic carbocycles. The van der Waals surface area contributed by atoms with E-state index in [2.05, 4.69) is 50.4 Å². The Morgan fingerprint density at radius 3 is 2.35 bits per heavy atom. The molecule has 2 aliphatic rings. The van der Waals surface area contributed by atoms with E-state index in [0.29, 0.717) is 0 Å². The summed E-state index contributed by atoms with van der Waals surface area (Å²) in [7, 11) is 0. The van der Waals surface area contributed by atoms with Gasteiger partial charge in [-0.3, -0.25) is 4.99 Å². The fourth-order valence-corrected chi connectivity index (χ4v) is 4.22. The monoisotopic (exact) mass is 288 g/mol. The van der Waals surface area contributed by atoms with Gasteiger partial charge < -0.3 is 5.32 Å². The summed E-state index contributed by atoms with van der Waals surface area (Å²) in [5, 5.41) is 4.59. The van der Waals surface area contributed by atoms with Crippen LogP contribution < -0.4 is 5.32 Å². The molecule has 1 aliphatic heterocycles. The Bertz CT molecular complexity index is 505. The normalized spacial score (nSPS) is 21.2. The molecule has 1 fully saturated rings. The van der Waals surface area contributed by atoms with Crippen LogP contribution in [0.3, 0.4) is 0 Å². The third-order valence-corrected chi connectivity index (χ3v) is 5.50. The molecule has 0 bridgehead atoms. The molecule has 1 aromatic carbocycles. The SMILES string of the molecule is CC(C)(C)c1ccc(NC2=NC3(CCCC3)CS2)cc1. The van der Waals surface area contributed by atoms with Gasteiger partial charge in [-0.05, 0) is 36.0 Å². The second kappa shape index (κ2) is 5.10. The zero-order chi connectivity index (χ0) is 14.2. The fraction of sp³-hybridized carbons (Fsp3) is 0.588. The molecule has 20 heavy (non-hydrogen) atoms. The van der Waals surface area contributed by atoms with Gasteiger partial charge in [0.25, 0.3) is 0 Å². The Labute approximate surface area is 126 Å². The van der Waals surface area contributed by atoms with Gasteiger partial charge in [0, 0.05) is 11.4 Å². The van der Waals surface area contributed by atoms with Crippen LogP contribution >= 0.6 is 11.8 Å². The summed E-state index contributed by atoms with van der Waals surface area (Å²) in [6.07, 6.45) is 5.23. The molecule has 0 atom stereocenters. The van der Waals surface area contributed by atoms with Crippen molar-refractivity contribution in [2.75, 3.05) is 11.1 Å². The Balaban J connectivity index is 1.70. The third kappa shape index (κ3) is 2.88. The molecular weight excluding hydrogens is 264 g/mol. The van der Waals surface area contributed by atoms with Crippen molar-refractivity contribution >= 4 is 22.6 Å². The van der Waals surface area contributed by atoms with Crippen molar-refractivity contribution in [3.8, 4) is 0 Å². The van der Waals surface area contributed by atoms with Crippen molar-refractivity contribution in [1.29, 1.82) is 0 Å². The van der Waals surface area contributed by atoms with E-state index in [-0.39, 0.29) is 11.0 Å². The van der Waals surface area contributed by atoms with Gasteiger partial charge in [-0.25, -0.2) is 0 Å². The standard InChI is InChI=1S/C17H24N2S/c1-16(2,3)13-6-8-14(9-7-13)18-15-19-17(12-20-15)10-4-5-11-17/h6-9H,4-5,10-12H2,1-3H3,(H,18,19). The Morgan fingerprint density at radius 1 is 1.10 bits per heavy atom. The van der Waals surface area contributed by atoms with Crippen LogP contribution in [0.5, 0.6) is 0 Å². The molecule has 2 nitrogen and oxygen atoms in total. The topological polar surface area (TPSA) is 24.4 Å². The van der Waals surface area contributed by atoms with Crippen LogP contribution in [0, 0.1) is 0 Å². The van der Waals surface area contributed by atoms with Gasteiger partial charge in [0.05, 0.1) is 5.54 Å². The van der Waals surface area contributed by atoms with E-state index < -0.39 is 0 Å². The number of hydrogen-bond acceptors (Lipinski definition) is 3. The molecule has 1 saturated carbocycles. The minimum atomic E-state index is 0.214. The number of nitrogens with one attached hydrogen (secondary N) is 1. The van der Waals surface area contributed by atoms with Gasteiger partial charge >= 0.3 is 0 Å². The lowest BCUT2D eigenvalue weighted by Gasteiger charge is -2.19. The first-order valence-electron chi connectivity index (χ1n) is 7.57. The first kappa shape index (κ1) is 14.0. The molecule has 3 rings (SSSR count). The maximum atomic E-state index is 4.95. The highest BCUT2D eigenvalue weighted by Crippen LogP contribution is 2.41. The summed E-state index contributed by atoms with van der Waals surface area (Å²) in [4.78, 5) is 4.95. The van der Waals surface area contributed by atoms with Crippen LogP contribution in [0.15, 0.2) is 29.3 Å². The summed E-state index contributed by atoms with van der Waals surface area (Å²) in [5.74, 6) is 1.16. The highest BCUT2D eigenvalue weighted by atomic mass is 32.2. The molecule has 1 spiro atoms. The van der Waals surface area contributed by atoms with Crippen molar-refractivity contribution in [3.63, 3.8) is 0 Å². The van der Waals surface area contributed by atoms with Gasteiger partial charge in [0.15, 0.2) is 5.17 Å². The number of amidine groups is 1. The first-order chi connectivity index (χ1) is 9.47. The molecule has 0 amide bonds. The predicted octanol–water partition coefficient (Wildman–Crippen LogP) is 4.81. The summed E-state index contributed by atoms with van der Waals surface area (Å²) >= 11 is 1.88. The summed E-state index contributed by atoms with van der Waals surface area (Å²) < 4.78 is 0. The van der Waals surface area contributed by atoms with Gasteiger partial charge in [0.2, 0.25) is 0 Å². The van der Waals surface area contributed by atoms with Crippen molar-refractivity contribution in [2.24, 2.45) is 4.99 Å². The summed E-state index contributed by atoms with van der Waals surface area (Å²) in [6, 6.07) is 8.77.